The second-order valence-electron chi connectivity index (χ2n) is 5.41. The highest BCUT2D eigenvalue weighted by atomic mass is 32.2. The van der Waals surface area contributed by atoms with Gasteiger partial charge in [0.05, 0.1) is 0 Å². The summed E-state index contributed by atoms with van der Waals surface area (Å²) in [6.07, 6.45) is 6.22. The van der Waals surface area contributed by atoms with Crippen LogP contribution in [0.25, 0.3) is 0 Å². The molecule has 0 radical (unpaired) electrons. The number of terminal acetylenes is 1. The molecule has 1 aromatic carbocycles. The topological polar surface area (TPSA) is 35.5 Å². The zero-order chi connectivity index (χ0) is 14.8. The quantitative estimate of drug-likeness (QED) is 0.633. The first kappa shape index (κ1) is 15.0. The van der Waals surface area contributed by atoms with E-state index in [0.717, 1.165) is 16.9 Å². The zero-order valence-electron chi connectivity index (χ0n) is 11.9. The van der Waals surface area contributed by atoms with Crippen molar-refractivity contribution in [3.63, 3.8) is 0 Å². The second-order valence-corrected chi connectivity index (χ2v) is 6.61. The van der Waals surface area contributed by atoms with Crippen LogP contribution in [0, 0.1) is 12.3 Å². The minimum atomic E-state index is -0.329. The molecule has 0 N–H and O–H groups in total. The Morgan fingerprint density at radius 2 is 2.30 bits per heavy atom. The Kier molecular flexibility index (Phi) is 4.42. The van der Waals surface area contributed by atoms with E-state index in [-0.39, 0.29) is 23.4 Å². The number of hydrogen-bond acceptors (Lipinski definition) is 4. The fourth-order valence-electron chi connectivity index (χ4n) is 2.33. The van der Waals surface area contributed by atoms with Gasteiger partial charge in [-0.2, -0.15) is 0 Å². The van der Waals surface area contributed by atoms with Gasteiger partial charge in [-0.15, -0.1) is 6.42 Å². The Bertz CT molecular complexity index is 557. The zero-order valence-corrected chi connectivity index (χ0v) is 12.8. The third-order valence-electron chi connectivity index (χ3n) is 3.34. The Hall–Kier alpha value is -1.44. The van der Waals surface area contributed by atoms with Crippen LogP contribution in [0.2, 0.25) is 0 Å². The number of carbonyl (C=O) groups is 1. The lowest BCUT2D eigenvalue weighted by Gasteiger charge is -2.36. The van der Waals surface area contributed by atoms with Crippen LogP contribution < -0.4 is 0 Å². The van der Waals surface area contributed by atoms with E-state index < -0.39 is 0 Å². The summed E-state index contributed by atoms with van der Waals surface area (Å²) < 4.78 is 10.2. The summed E-state index contributed by atoms with van der Waals surface area (Å²) in [7, 11) is 1.48. The molecular weight excluding hydrogens is 272 g/mol. The van der Waals surface area contributed by atoms with Crippen molar-refractivity contribution in [3.05, 3.63) is 29.3 Å². The molecule has 1 heterocycles. The maximum Gasteiger partial charge on any atom is 0.333 e. The predicted octanol–water partition coefficient (Wildman–Crippen LogP) is 2.96. The van der Waals surface area contributed by atoms with E-state index in [0.29, 0.717) is 0 Å². The molecule has 0 amide bonds. The molecule has 0 aromatic heterocycles. The Morgan fingerprint density at radius 1 is 1.55 bits per heavy atom. The first-order chi connectivity index (χ1) is 9.46. The Morgan fingerprint density at radius 3 is 2.95 bits per heavy atom. The number of benzene rings is 1. The molecule has 20 heavy (non-hydrogen) atoms. The average molecular weight is 290 g/mol. The maximum absolute atomic E-state index is 11.5. The van der Waals surface area contributed by atoms with Crippen LogP contribution in [-0.4, -0.2) is 25.1 Å². The minimum Gasteiger partial charge on any atom is -0.449 e. The van der Waals surface area contributed by atoms with E-state index in [2.05, 4.69) is 25.8 Å². The highest BCUT2D eigenvalue weighted by Gasteiger charge is 2.35. The predicted molar refractivity (Wildman–Crippen MR) is 79.6 cm³/mol. The van der Waals surface area contributed by atoms with Gasteiger partial charge in [-0.05, 0) is 29.2 Å². The van der Waals surface area contributed by atoms with E-state index in [1.165, 1.54) is 12.7 Å². The van der Waals surface area contributed by atoms with Gasteiger partial charge in [-0.1, -0.05) is 31.5 Å². The molecule has 0 aliphatic carbocycles. The van der Waals surface area contributed by atoms with Crippen LogP contribution in [0.1, 0.15) is 31.4 Å². The summed E-state index contributed by atoms with van der Waals surface area (Å²) in [6.45, 7) is 4.27. The number of ether oxygens (including phenoxy) is 2. The summed E-state index contributed by atoms with van der Waals surface area (Å²) >= 11 is 1.57. The summed E-state index contributed by atoms with van der Waals surface area (Å²) in [4.78, 5) is 12.7. The van der Waals surface area contributed by atoms with Crippen molar-refractivity contribution in [2.75, 3.05) is 13.7 Å². The first-order valence-electron chi connectivity index (χ1n) is 6.42. The number of esters is 1. The fraction of sp³-hybridized carbons (Fsp3) is 0.438. The Balaban J connectivity index is 2.22. The van der Waals surface area contributed by atoms with Crippen LogP contribution in [-0.2, 0) is 19.7 Å². The molecule has 1 aliphatic heterocycles. The summed E-state index contributed by atoms with van der Waals surface area (Å²) in [6, 6.07) is 5.98. The number of thioether (sulfide) groups is 1. The standard InChI is InChI=1S/C16H18O3S/c1-5-11-6-7-13-12(8-11)16(2,3)9-15(20-13)19-14(17)10-18-4/h1,6-8,15H,9-10H2,2-4H3. The normalized spacial score (nSPS) is 19.8. The van der Waals surface area contributed by atoms with Crippen molar-refractivity contribution in [2.45, 2.75) is 36.0 Å². The summed E-state index contributed by atoms with van der Waals surface area (Å²) in [5.41, 5.74) is 1.84. The van der Waals surface area contributed by atoms with Crippen molar-refractivity contribution >= 4 is 17.7 Å². The van der Waals surface area contributed by atoms with E-state index in [1.807, 2.05) is 12.1 Å². The third-order valence-corrected chi connectivity index (χ3v) is 4.47. The van der Waals surface area contributed by atoms with Crippen molar-refractivity contribution in [1.29, 1.82) is 0 Å². The lowest BCUT2D eigenvalue weighted by atomic mass is 9.80. The maximum atomic E-state index is 11.5. The van der Waals surface area contributed by atoms with Gasteiger partial charge in [0.15, 0.2) is 5.44 Å². The number of hydrogen-bond donors (Lipinski definition) is 0. The van der Waals surface area contributed by atoms with E-state index in [9.17, 15) is 4.79 Å². The molecule has 1 aliphatic rings. The SMILES string of the molecule is C#Cc1ccc2c(c1)C(C)(C)CC(OC(=O)COC)S2. The van der Waals surface area contributed by atoms with Gasteiger partial charge in [0, 0.05) is 24.0 Å². The molecular formula is C16H18O3S. The lowest BCUT2D eigenvalue weighted by molar-refractivity contribution is -0.150. The highest BCUT2D eigenvalue weighted by Crippen LogP contribution is 2.45. The van der Waals surface area contributed by atoms with Crippen LogP contribution in [0.5, 0.6) is 0 Å². The van der Waals surface area contributed by atoms with Crippen LogP contribution in [0.4, 0.5) is 0 Å². The van der Waals surface area contributed by atoms with Gasteiger partial charge in [0.2, 0.25) is 0 Å². The van der Waals surface area contributed by atoms with Gasteiger partial charge < -0.3 is 9.47 Å². The molecule has 0 bridgehead atoms. The number of carbonyl (C=O) groups excluding carboxylic acids is 1. The molecule has 4 heteroatoms. The van der Waals surface area contributed by atoms with Crippen LogP contribution >= 0.6 is 11.8 Å². The average Bonchev–Trinajstić information content (AvgIpc) is 2.38. The number of fused-ring (bicyclic) bond motifs is 1. The van der Waals surface area contributed by atoms with E-state index in [4.69, 9.17) is 15.9 Å². The molecule has 0 fully saturated rings. The van der Waals surface area contributed by atoms with E-state index in [1.54, 1.807) is 11.8 Å². The molecule has 3 nitrogen and oxygen atoms in total. The molecule has 1 atom stereocenters. The lowest BCUT2D eigenvalue weighted by Crippen LogP contribution is -2.31. The molecule has 0 saturated carbocycles. The van der Waals surface area contributed by atoms with Crippen molar-refractivity contribution in [2.24, 2.45) is 0 Å². The fourth-order valence-corrected chi connectivity index (χ4v) is 3.87. The summed E-state index contributed by atoms with van der Waals surface area (Å²) in [5.74, 6) is 2.33. The largest absolute Gasteiger partial charge is 0.449 e. The molecule has 1 unspecified atom stereocenters. The van der Waals surface area contributed by atoms with Gasteiger partial charge >= 0.3 is 5.97 Å². The number of methoxy groups -OCH3 is 1. The van der Waals surface area contributed by atoms with Crippen molar-refractivity contribution < 1.29 is 14.3 Å². The van der Waals surface area contributed by atoms with Gasteiger partial charge in [0.1, 0.15) is 6.61 Å². The van der Waals surface area contributed by atoms with E-state index >= 15 is 0 Å². The van der Waals surface area contributed by atoms with Crippen molar-refractivity contribution in [1.82, 2.24) is 0 Å². The van der Waals surface area contributed by atoms with Gasteiger partial charge in [-0.25, -0.2) is 4.79 Å². The van der Waals surface area contributed by atoms with Gasteiger partial charge in [0.25, 0.3) is 0 Å². The van der Waals surface area contributed by atoms with Crippen LogP contribution in [0.15, 0.2) is 23.1 Å². The molecule has 106 valence electrons. The molecule has 0 spiro atoms. The third kappa shape index (κ3) is 3.17. The highest BCUT2D eigenvalue weighted by molar-refractivity contribution is 7.99. The molecule has 1 aromatic rings. The minimum absolute atomic E-state index is 0.0135. The number of rotatable bonds is 3. The molecule has 0 saturated heterocycles. The summed E-state index contributed by atoms with van der Waals surface area (Å²) in [5, 5.41) is 0. The second kappa shape index (κ2) is 5.90. The first-order valence-corrected chi connectivity index (χ1v) is 7.30. The van der Waals surface area contributed by atoms with Crippen LogP contribution in [0.3, 0.4) is 0 Å². The van der Waals surface area contributed by atoms with Crippen molar-refractivity contribution in [3.8, 4) is 12.3 Å². The van der Waals surface area contributed by atoms with Gasteiger partial charge in [-0.3, -0.25) is 0 Å². The monoisotopic (exact) mass is 290 g/mol. The Labute approximate surface area is 124 Å². The molecule has 2 rings (SSSR count). The smallest absolute Gasteiger partial charge is 0.333 e.